The quantitative estimate of drug-likeness (QED) is 0.933. The summed E-state index contributed by atoms with van der Waals surface area (Å²) in [6, 6.07) is 6.72. The van der Waals surface area contributed by atoms with Gasteiger partial charge in [-0.2, -0.15) is 13.2 Å². The summed E-state index contributed by atoms with van der Waals surface area (Å²) in [6.45, 7) is 0.693. The highest BCUT2D eigenvalue weighted by molar-refractivity contribution is 5.89. The van der Waals surface area contributed by atoms with Crippen LogP contribution in [0.5, 0.6) is 5.88 Å². The number of aromatic nitrogens is 1. The van der Waals surface area contributed by atoms with Crippen LogP contribution in [-0.2, 0) is 6.61 Å². The fourth-order valence-corrected chi connectivity index (χ4v) is 1.68. The van der Waals surface area contributed by atoms with Crippen LogP contribution in [0.1, 0.15) is 12.5 Å². The molecule has 0 fully saturated rings. The van der Waals surface area contributed by atoms with Crippen LogP contribution < -0.4 is 4.74 Å². The molecule has 102 valence electrons. The maximum atomic E-state index is 12.5. The lowest BCUT2D eigenvalue weighted by Gasteiger charge is -2.18. The van der Waals surface area contributed by atoms with Crippen molar-refractivity contribution >= 4 is 10.8 Å². The molecule has 1 N–H and O–H groups in total. The molecule has 1 atom stereocenters. The normalized spacial score (nSPS) is 13.5. The highest BCUT2D eigenvalue weighted by Gasteiger charge is 2.38. The van der Waals surface area contributed by atoms with Crippen LogP contribution in [0.2, 0.25) is 0 Å². The molecule has 0 saturated heterocycles. The van der Waals surface area contributed by atoms with Gasteiger partial charge in [0.2, 0.25) is 5.88 Å². The van der Waals surface area contributed by atoms with Crippen molar-refractivity contribution in [1.82, 2.24) is 4.98 Å². The molecule has 19 heavy (non-hydrogen) atoms. The Morgan fingerprint density at radius 1 is 1.26 bits per heavy atom. The molecule has 2 rings (SSSR count). The molecule has 1 heterocycles. The molecule has 2 aromatic rings. The first kappa shape index (κ1) is 13.6. The highest BCUT2D eigenvalue weighted by Crippen LogP contribution is 2.30. The Balaban J connectivity index is 2.45. The van der Waals surface area contributed by atoms with Gasteiger partial charge in [-0.15, -0.1) is 0 Å². The first-order chi connectivity index (χ1) is 8.93. The monoisotopic (exact) mass is 271 g/mol. The van der Waals surface area contributed by atoms with Crippen molar-refractivity contribution in [3.05, 3.63) is 36.0 Å². The van der Waals surface area contributed by atoms with Gasteiger partial charge < -0.3 is 9.84 Å². The number of aliphatic hydroxyl groups excluding tert-OH is 1. The molecule has 0 bridgehead atoms. The van der Waals surface area contributed by atoms with Gasteiger partial charge in [-0.05, 0) is 18.4 Å². The molecule has 1 aromatic heterocycles. The first-order valence-corrected chi connectivity index (χ1v) is 5.64. The number of ether oxygens (including phenoxy) is 1. The zero-order chi connectivity index (χ0) is 14.0. The van der Waals surface area contributed by atoms with Gasteiger partial charge in [-0.25, -0.2) is 4.98 Å². The summed E-state index contributed by atoms with van der Waals surface area (Å²) >= 11 is 0. The summed E-state index contributed by atoms with van der Waals surface area (Å²) in [6.07, 6.45) is -5.07. The van der Waals surface area contributed by atoms with Crippen molar-refractivity contribution in [2.45, 2.75) is 25.8 Å². The largest absolute Gasteiger partial charge is 0.465 e. The Bertz CT molecular complexity index is 584. The molecule has 0 aliphatic heterocycles. The standard InChI is InChI=1S/C13H12F3NO2/c1-8(13(14,15)16)19-12-11-5-3-2-4-10(11)9(7-18)6-17-12/h2-6,8,18H,7H2,1H3. The number of pyridine rings is 1. The van der Waals surface area contributed by atoms with Crippen LogP contribution in [0, 0.1) is 0 Å². The maximum Gasteiger partial charge on any atom is 0.425 e. The van der Waals surface area contributed by atoms with E-state index in [0.717, 1.165) is 6.92 Å². The fraction of sp³-hybridized carbons (Fsp3) is 0.308. The van der Waals surface area contributed by atoms with Crippen molar-refractivity contribution in [3.8, 4) is 5.88 Å². The van der Waals surface area contributed by atoms with E-state index in [1.165, 1.54) is 6.20 Å². The second kappa shape index (κ2) is 5.05. The average Bonchev–Trinajstić information content (AvgIpc) is 2.38. The topological polar surface area (TPSA) is 42.4 Å². The Morgan fingerprint density at radius 3 is 2.47 bits per heavy atom. The second-order valence-corrected chi connectivity index (χ2v) is 4.09. The number of hydrogen-bond donors (Lipinski definition) is 1. The highest BCUT2D eigenvalue weighted by atomic mass is 19.4. The molecule has 0 spiro atoms. The first-order valence-electron chi connectivity index (χ1n) is 5.64. The minimum Gasteiger partial charge on any atom is -0.465 e. The average molecular weight is 271 g/mol. The van der Waals surface area contributed by atoms with Gasteiger partial charge in [0.05, 0.1) is 6.61 Å². The third kappa shape index (κ3) is 2.78. The summed E-state index contributed by atoms with van der Waals surface area (Å²) < 4.78 is 42.3. The SMILES string of the molecule is CC(Oc1ncc(CO)c2ccccc12)C(F)(F)F. The number of benzene rings is 1. The Labute approximate surface area is 107 Å². The molecule has 3 nitrogen and oxygen atoms in total. The zero-order valence-corrected chi connectivity index (χ0v) is 10.1. The number of rotatable bonds is 3. The molecule has 0 aliphatic carbocycles. The van der Waals surface area contributed by atoms with E-state index in [1.54, 1.807) is 24.3 Å². The van der Waals surface area contributed by atoms with E-state index in [9.17, 15) is 18.3 Å². The fourth-order valence-electron chi connectivity index (χ4n) is 1.68. The molecule has 0 aliphatic rings. The lowest BCUT2D eigenvalue weighted by atomic mass is 10.1. The van der Waals surface area contributed by atoms with Crippen LogP contribution in [0.4, 0.5) is 13.2 Å². The molecule has 1 aromatic carbocycles. The minimum atomic E-state index is -4.45. The summed E-state index contributed by atoms with van der Waals surface area (Å²) in [4.78, 5) is 3.85. The van der Waals surface area contributed by atoms with Gasteiger partial charge in [0.25, 0.3) is 0 Å². The van der Waals surface area contributed by atoms with Crippen LogP contribution in [0.25, 0.3) is 10.8 Å². The van der Waals surface area contributed by atoms with Crippen molar-refractivity contribution in [1.29, 1.82) is 0 Å². The lowest BCUT2D eigenvalue weighted by molar-refractivity contribution is -0.189. The van der Waals surface area contributed by atoms with Crippen molar-refractivity contribution in [2.24, 2.45) is 0 Å². The van der Waals surface area contributed by atoms with Crippen molar-refractivity contribution in [3.63, 3.8) is 0 Å². The van der Waals surface area contributed by atoms with Gasteiger partial charge in [-0.1, -0.05) is 18.2 Å². The van der Waals surface area contributed by atoms with E-state index >= 15 is 0 Å². The van der Waals surface area contributed by atoms with Gasteiger partial charge in [0, 0.05) is 17.1 Å². The van der Waals surface area contributed by atoms with Crippen LogP contribution in [0.15, 0.2) is 30.5 Å². The summed E-state index contributed by atoms with van der Waals surface area (Å²) in [5.41, 5.74) is 0.544. The molecule has 1 unspecified atom stereocenters. The Kier molecular flexibility index (Phi) is 3.61. The summed E-state index contributed by atoms with van der Waals surface area (Å²) in [7, 11) is 0. The van der Waals surface area contributed by atoms with Gasteiger partial charge in [-0.3, -0.25) is 0 Å². The molecule has 0 amide bonds. The molecule has 0 radical (unpaired) electrons. The van der Waals surface area contributed by atoms with E-state index in [2.05, 4.69) is 4.98 Å². The van der Waals surface area contributed by atoms with E-state index < -0.39 is 12.3 Å². The summed E-state index contributed by atoms with van der Waals surface area (Å²) in [5.74, 6) is -0.0855. The van der Waals surface area contributed by atoms with Gasteiger partial charge >= 0.3 is 6.18 Å². The van der Waals surface area contributed by atoms with Crippen molar-refractivity contribution in [2.75, 3.05) is 0 Å². The minimum absolute atomic E-state index is 0.0855. The second-order valence-electron chi connectivity index (χ2n) is 4.09. The predicted molar refractivity (Wildman–Crippen MR) is 63.8 cm³/mol. The molecule has 0 saturated carbocycles. The van der Waals surface area contributed by atoms with E-state index in [-0.39, 0.29) is 12.5 Å². The number of nitrogens with zero attached hydrogens (tertiary/aromatic N) is 1. The predicted octanol–water partition coefficient (Wildman–Crippen LogP) is 3.06. The van der Waals surface area contributed by atoms with Crippen molar-refractivity contribution < 1.29 is 23.0 Å². The number of alkyl halides is 3. The zero-order valence-electron chi connectivity index (χ0n) is 10.1. The molecular formula is C13H12F3NO2. The van der Waals surface area contributed by atoms with E-state index in [1.807, 2.05) is 0 Å². The Morgan fingerprint density at radius 2 is 1.89 bits per heavy atom. The maximum absolute atomic E-state index is 12.5. The third-order valence-corrected chi connectivity index (χ3v) is 2.76. The van der Waals surface area contributed by atoms with E-state index in [0.29, 0.717) is 16.3 Å². The van der Waals surface area contributed by atoms with Crippen LogP contribution >= 0.6 is 0 Å². The van der Waals surface area contributed by atoms with Gasteiger partial charge in [0.15, 0.2) is 6.10 Å². The number of hydrogen-bond acceptors (Lipinski definition) is 3. The molecular weight excluding hydrogens is 259 g/mol. The number of aliphatic hydroxyl groups is 1. The number of halogens is 3. The third-order valence-electron chi connectivity index (χ3n) is 2.76. The van der Waals surface area contributed by atoms with Crippen LogP contribution in [0.3, 0.4) is 0 Å². The number of fused-ring (bicyclic) bond motifs is 1. The smallest absolute Gasteiger partial charge is 0.425 e. The lowest BCUT2D eigenvalue weighted by Crippen LogP contribution is -2.31. The Hall–Kier alpha value is -1.82. The van der Waals surface area contributed by atoms with Gasteiger partial charge in [0.1, 0.15) is 0 Å². The van der Waals surface area contributed by atoms with Crippen LogP contribution in [-0.4, -0.2) is 22.4 Å². The summed E-state index contributed by atoms with van der Waals surface area (Å²) in [5, 5.41) is 10.3. The molecule has 6 heteroatoms. The van der Waals surface area contributed by atoms with E-state index in [4.69, 9.17) is 4.74 Å².